The number of anilines is 1. The number of benzene rings is 2. The van der Waals surface area contributed by atoms with Crippen molar-refractivity contribution in [2.45, 2.75) is 39.2 Å². The zero-order valence-corrected chi connectivity index (χ0v) is 14.9. The van der Waals surface area contributed by atoms with Crippen LogP contribution in [0.1, 0.15) is 37.5 Å². The van der Waals surface area contributed by atoms with Gasteiger partial charge in [0.2, 0.25) is 0 Å². The van der Waals surface area contributed by atoms with Crippen LogP contribution >= 0.6 is 0 Å². The molecule has 1 atom stereocenters. The van der Waals surface area contributed by atoms with E-state index in [4.69, 9.17) is 0 Å². The van der Waals surface area contributed by atoms with Crippen molar-refractivity contribution < 1.29 is 9.69 Å². The molecule has 0 bridgehead atoms. The molecule has 2 aromatic carbocycles. The Labute approximate surface area is 144 Å². The fourth-order valence-electron chi connectivity index (χ4n) is 3.28. The maximum absolute atomic E-state index is 12.3. The van der Waals surface area contributed by atoms with Crippen molar-refractivity contribution in [3.05, 3.63) is 65.2 Å². The van der Waals surface area contributed by atoms with E-state index in [1.807, 2.05) is 12.1 Å². The molecule has 1 aliphatic heterocycles. The minimum absolute atomic E-state index is 0.0906. The molecule has 2 aromatic rings. The van der Waals surface area contributed by atoms with E-state index in [9.17, 15) is 4.79 Å². The Balaban J connectivity index is 1.57. The quantitative estimate of drug-likeness (QED) is 0.894. The van der Waals surface area contributed by atoms with Gasteiger partial charge >= 0.3 is 0 Å². The van der Waals surface area contributed by atoms with E-state index in [1.165, 1.54) is 21.6 Å². The maximum Gasteiger partial charge on any atom is 0.279 e. The van der Waals surface area contributed by atoms with Crippen LogP contribution in [0.3, 0.4) is 0 Å². The van der Waals surface area contributed by atoms with Crippen LogP contribution in [0.4, 0.5) is 5.69 Å². The van der Waals surface area contributed by atoms with Crippen molar-refractivity contribution in [3.8, 4) is 0 Å². The topological polar surface area (TPSA) is 33.5 Å². The third-order valence-electron chi connectivity index (χ3n) is 4.75. The molecular formula is C21H27N2O+. The predicted molar refractivity (Wildman–Crippen MR) is 98.3 cm³/mol. The molecule has 1 unspecified atom stereocenters. The zero-order valence-electron chi connectivity index (χ0n) is 14.9. The Morgan fingerprint density at radius 1 is 1.04 bits per heavy atom. The van der Waals surface area contributed by atoms with Crippen LogP contribution in [0.15, 0.2) is 48.5 Å². The molecule has 3 rings (SSSR count). The first kappa shape index (κ1) is 16.7. The van der Waals surface area contributed by atoms with Gasteiger partial charge in [0.25, 0.3) is 5.91 Å². The van der Waals surface area contributed by atoms with E-state index in [-0.39, 0.29) is 11.3 Å². The molecule has 126 valence electrons. The van der Waals surface area contributed by atoms with Crippen LogP contribution in [0, 0.1) is 0 Å². The van der Waals surface area contributed by atoms with Crippen molar-refractivity contribution in [2.75, 3.05) is 18.4 Å². The smallest absolute Gasteiger partial charge is 0.279 e. The maximum atomic E-state index is 12.3. The van der Waals surface area contributed by atoms with Gasteiger partial charge in [-0.05, 0) is 28.7 Å². The highest BCUT2D eigenvalue weighted by molar-refractivity contribution is 5.91. The summed E-state index contributed by atoms with van der Waals surface area (Å²) in [4.78, 5) is 13.7. The van der Waals surface area contributed by atoms with Gasteiger partial charge in [-0.1, -0.05) is 57.2 Å². The summed E-state index contributed by atoms with van der Waals surface area (Å²) in [5, 5.41) is 3.03. The Bertz CT molecular complexity index is 713. The first-order valence-electron chi connectivity index (χ1n) is 8.72. The predicted octanol–water partition coefficient (Wildman–Crippen LogP) is 2.56. The Kier molecular flexibility index (Phi) is 4.72. The molecule has 1 heterocycles. The minimum atomic E-state index is 0.0906. The minimum Gasteiger partial charge on any atom is -0.323 e. The number of amides is 1. The van der Waals surface area contributed by atoms with E-state index in [2.05, 4.69) is 62.5 Å². The van der Waals surface area contributed by atoms with E-state index in [0.29, 0.717) is 6.54 Å². The molecule has 0 radical (unpaired) electrons. The zero-order chi connectivity index (χ0) is 17.2. The van der Waals surface area contributed by atoms with Crippen molar-refractivity contribution >= 4 is 11.6 Å². The van der Waals surface area contributed by atoms with Crippen molar-refractivity contribution in [1.82, 2.24) is 0 Å². The third kappa shape index (κ3) is 4.04. The van der Waals surface area contributed by atoms with Crippen LogP contribution in [-0.2, 0) is 23.2 Å². The summed E-state index contributed by atoms with van der Waals surface area (Å²) in [6, 6.07) is 16.7. The molecule has 1 aliphatic rings. The van der Waals surface area contributed by atoms with Gasteiger partial charge in [0.1, 0.15) is 6.54 Å². The first-order valence-corrected chi connectivity index (χ1v) is 8.72. The molecular weight excluding hydrogens is 296 g/mol. The van der Waals surface area contributed by atoms with Gasteiger partial charge in [0, 0.05) is 17.7 Å². The number of rotatable bonds is 3. The number of carbonyl (C=O) groups excluding carboxylic acids is 1. The molecule has 24 heavy (non-hydrogen) atoms. The highest BCUT2D eigenvalue weighted by Gasteiger charge is 2.21. The van der Waals surface area contributed by atoms with Crippen molar-refractivity contribution in [1.29, 1.82) is 0 Å². The van der Waals surface area contributed by atoms with E-state index in [1.54, 1.807) is 0 Å². The summed E-state index contributed by atoms with van der Waals surface area (Å²) in [7, 11) is 0. The fourth-order valence-corrected chi connectivity index (χ4v) is 3.28. The van der Waals surface area contributed by atoms with Crippen molar-refractivity contribution in [2.24, 2.45) is 0 Å². The van der Waals surface area contributed by atoms with Crippen molar-refractivity contribution in [3.63, 3.8) is 0 Å². The second-order valence-electron chi connectivity index (χ2n) is 7.75. The summed E-state index contributed by atoms with van der Waals surface area (Å²) in [6.07, 6.45) is 1.05. The summed E-state index contributed by atoms with van der Waals surface area (Å²) in [5.74, 6) is 0.0906. The number of hydrogen-bond acceptors (Lipinski definition) is 1. The van der Waals surface area contributed by atoms with E-state index in [0.717, 1.165) is 25.2 Å². The first-order chi connectivity index (χ1) is 11.4. The van der Waals surface area contributed by atoms with Gasteiger partial charge in [-0.25, -0.2) is 0 Å². The SMILES string of the molecule is CC(C)(C)c1ccc(NC(=O)C[NH+]2CCc3ccccc3C2)cc1. The lowest BCUT2D eigenvalue weighted by Gasteiger charge is -2.25. The van der Waals surface area contributed by atoms with Gasteiger partial charge in [-0.15, -0.1) is 0 Å². The van der Waals surface area contributed by atoms with E-state index >= 15 is 0 Å². The average molecular weight is 323 g/mol. The highest BCUT2D eigenvalue weighted by Crippen LogP contribution is 2.23. The Hall–Kier alpha value is -2.13. The number of carbonyl (C=O) groups is 1. The van der Waals surface area contributed by atoms with Crippen LogP contribution in [-0.4, -0.2) is 19.0 Å². The molecule has 0 fully saturated rings. The van der Waals surface area contributed by atoms with Gasteiger partial charge in [-0.2, -0.15) is 0 Å². The largest absolute Gasteiger partial charge is 0.323 e. The monoisotopic (exact) mass is 323 g/mol. The average Bonchev–Trinajstić information content (AvgIpc) is 2.54. The lowest BCUT2D eigenvalue weighted by atomic mass is 9.87. The summed E-state index contributed by atoms with van der Waals surface area (Å²) in [5.41, 5.74) is 5.09. The molecule has 0 saturated carbocycles. The summed E-state index contributed by atoms with van der Waals surface area (Å²) >= 11 is 0. The molecule has 0 saturated heterocycles. The lowest BCUT2D eigenvalue weighted by Crippen LogP contribution is -3.12. The van der Waals surface area contributed by atoms with Gasteiger partial charge < -0.3 is 10.2 Å². The van der Waals surface area contributed by atoms with Gasteiger partial charge in [0.15, 0.2) is 6.54 Å². The molecule has 0 aliphatic carbocycles. The van der Waals surface area contributed by atoms with Gasteiger partial charge in [-0.3, -0.25) is 4.79 Å². The van der Waals surface area contributed by atoms with E-state index < -0.39 is 0 Å². The normalized spacial score (nSPS) is 17.2. The van der Waals surface area contributed by atoms with Crippen LogP contribution in [0.2, 0.25) is 0 Å². The van der Waals surface area contributed by atoms with Crippen LogP contribution in [0.5, 0.6) is 0 Å². The number of hydrogen-bond donors (Lipinski definition) is 2. The Morgan fingerprint density at radius 3 is 2.38 bits per heavy atom. The fraction of sp³-hybridized carbons (Fsp3) is 0.381. The molecule has 1 amide bonds. The van der Waals surface area contributed by atoms with Gasteiger partial charge in [0.05, 0.1) is 6.54 Å². The molecule has 0 spiro atoms. The van der Waals surface area contributed by atoms with Crippen LogP contribution < -0.4 is 10.2 Å². The lowest BCUT2D eigenvalue weighted by molar-refractivity contribution is -0.907. The number of fused-ring (bicyclic) bond motifs is 1. The standard InChI is InChI=1S/C21H26N2O/c1-21(2,3)18-8-10-19(11-9-18)22-20(24)15-23-13-12-16-6-4-5-7-17(16)14-23/h4-11H,12-15H2,1-3H3,(H,22,24)/p+1. The highest BCUT2D eigenvalue weighted by atomic mass is 16.2. The molecule has 3 heteroatoms. The second kappa shape index (κ2) is 6.78. The molecule has 0 aromatic heterocycles. The molecule has 3 nitrogen and oxygen atoms in total. The summed E-state index contributed by atoms with van der Waals surface area (Å²) in [6.45, 7) is 9.06. The Morgan fingerprint density at radius 2 is 1.71 bits per heavy atom. The molecule has 2 N–H and O–H groups in total. The number of nitrogens with one attached hydrogen (secondary N) is 2. The third-order valence-corrected chi connectivity index (χ3v) is 4.75. The summed E-state index contributed by atoms with van der Waals surface area (Å²) < 4.78 is 0. The second-order valence-corrected chi connectivity index (χ2v) is 7.75. The number of quaternary nitrogens is 1. The van der Waals surface area contributed by atoms with Crippen LogP contribution in [0.25, 0.3) is 0 Å².